The van der Waals surface area contributed by atoms with Gasteiger partial charge in [-0.3, -0.25) is 9.59 Å². The minimum absolute atomic E-state index is 0.125. The second-order valence-corrected chi connectivity index (χ2v) is 8.35. The number of carbonyl (C=O) groups is 2. The minimum Gasteiger partial charge on any atom is -0.336 e. The first-order chi connectivity index (χ1) is 13.3. The van der Waals surface area contributed by atoms with E-state index in [-0.39, 0.29) is 42.9 Å². The van der Waals surface area contributed by atoms with Crippen LogP contribution in [0.25, 0.3) is 0 Å². The van der Waals surface area contributed by atoms with Gasteiger partial charge in [-0.2, -0.15) is 4.31 Å². The van der Waals surface area contributed by atoms with Gasteiger partial charge in [-0.05, 0) is 48.5 Å². The second kappa shape index (κ2) is 8.07. The number of hydrogen-bond donors (Lipinski definition) is 1. The lowest BCUT2D eigenvalue weighted by Crippen LogP contribution is -2.50. The van der Waals surface area contributed by atoms with E-state index in [4.69, 9.17) is 0 Å². The molecule has 0 aliphatic carbocycles. The number of amides is 2. The monoisotopic (exact) mass is 405 g/mol. The highest BCUT2D eigenvalue weighted by Crippen LogP contribution is 2.20. The number of carbonyl (C=O) groups excluding carboxylic acids is 2. The maximum Gasteiger partial charge on any atom is 0.253 e. The van der Waals surface area contributed by atoms with Gasteiger partial charge in [-0.25, -0.2) is 12.8 Å². The molecule has 9 heteroatoms. The number of anilines is 1. The van der Waals surface area contributed by atoms with E-state index in [1.54, 1.807) is 4.90 Å². The Morgan fingerprint density at radius 2 is 1.50 bits per heavy atom. The van der Waals surface area contributed by atoms with E-state index < -0.39 is 15.8 Å². The van der Waals surface area contributed by atoms with Crippen LogP contribution in [0.5, 0.6) is 0 Å². The molecule has 1 saturated heterocycles. The van der Waals surface area contributed by atoms with Gasteiger partial charge in [0.25, 0.3) is 5.91 Å². The molecule has 0 saturated carbocycles. The Morgan fingerprint density at radius 3 is 2.04 bits per heavy atom. The van der Waals surface area contributed by atoms with Crippen LogP contribution >= 0.6 is 0 Å². The van der Waals surface area contributed by atoms with Crippen molar-refractivity contribution in [3.05, 3.63) is 59.9 Å². The van der Waals surface area contributed by atoms with Crippen LogP contribution in [-0.4, -0.2) is 55.6 Å². The molecule has 1 aliphatic heterocycles. The van der Waals surface area contributed by atoms with Gasteiger partial charge < -0.3 is 10.2 Å². The summed E-state index contributed by atoms with van der Waals surface area (Å²) in [5.74, 6) is -0.911. The predicted octanol–water partition coefficient (Wildman–Crippen LogP) is 1.93. The average Bonchev–Trinajstić information content (AvgIpc) is 2.68. The van der Waals surface area contributed by atoms with Crippen LogP contribution in [0.2, 0.25) is 0 Å². The van der Waals surface area contributed by atoms with E-state index in [1.807, 2.05) is 0 Å². The van der Waals surface area contributed by atoms with E-state index in [9.17, 15) is 22.4 Å². The van der Waals surface area contributed by atoms with Crippen molar-refractivity contribution in [2.24, 2.45) is 0 Å². The van der Waals surface area contributed by atoms with Crippen molar-refractivity contribution in [1.29, 1.82) is 0 Å². The summed E-state index contributed by atoms with van der Waals surface area (Å²) in [5.41, 5.74) is 0.882. The van der Waals surface area contributed by atoms with E-state index in [2.05, 4.69) is 5.32 Å². The highest BCUT2D eigenvalue weighted by Gasteiger charge is 2.30. The summed E-state index contributed by atoms with van der Waals surface area (Å²) in [6, 6.07) is 11.2. The molecule has 0 spiro atoms. The Morgan fingerprint density at radius 1 is 0.929 bits per heavy atom. The lowest BCUT2D eigenvalue weighted by atomic mass is 10.2. The molecule has 148 valence electrons. The van der Waals surface area contributed by atoms with Crippen molar-refractivity contribution >= 4 is 27.5 Å². The smallest absolute Gasteiger partial charge is 0.253 e. The molecule has 7 nitrogen and oxygen atoms in total. The fourth-order valence-corrected chi connectivity index (χ4v) is 4.39. The van der Waals surface area contributed by atoms with Gasteiger partial charge >= 0.3 is 0 Å². The van der Waals surface area contributed by atoms with Crippen LogP contribution in [0.15, 0.2) is 53.4 Å². The van der Waals surface area contributed by atoms with Crippen molar-refractivity contribution in [3.63, 3.8) is 0 Å². The molecule has 0 unspecified atom stereocenters. The summed E-state index contributed by atoms with van der Waals surface area (Å²) in [6.45, 7) is 2.21. The van der Waals surface area contributed by atoms with Gasteiger partial charge in [0.05, 0.1) is 4.90 Å². The Balaban J connectivity index is 1.65. The molecule has 2 amide bonds. The number of rotatable bonds is 4. The number of benzene rings is 2. The van der Waals surface area contributed by atoms with Crippen LogP contribution in [-0.2, 0) is 14.8 Å². The van der Waals surface area contributed by atoms with Crippen molar-refractivity contribution in [3.8, 4) is 0 Å². The molecule has 3 rings (SSSR count). The molecule has 1 N–H and O–H groups in total. The standard InChI is InChI=1S/C19H20FN3O4S/c1-14(24)21-17-6-8-18(9-7-17)28(26,27)23-12-10-22(11-13-23)19(25)15-2-4-16(20)5-3-15/h2-9H,10-13H2,1H3,(H,21,24). The molecule has 0 aromatic heterocycles. The summed E-state index contributed by atoms with van der Waals surface area (Å²) < 4.78 is 39.9. The normalized spacial score (nSPS) is 15.3. The fraction of sp³-hybridized carbons (Fsp3) is 0.263. The molecule has 28 heavy (non-hydrogen) atoms. The highest BCUT2D eigenvalue weighted by atomic mass is 32.2. The molecule has 0 radical (unpaired) electrons. The molecular weight excluding hydrogens is 385 g/mol. The summed E-state index contributed by atoms with van der Waals surface area (Å²) in [4.78, 5) is 25.2. The maximum absolute atomic E-state index is 13.0. The summed E-state index contributed by atoms with van der Waals surface area (Å²) >= 11 is 0. The van der Waals surface area contributed by atoms with Gasteiger partial charge in [0.2, 0.25) is 15.9 Å². The first kappa shape index (κ1) is 20.0. The third-order valence-corrected chi connectivity index (χ3v) is 6.34. The molecular formula is C19H20FN3O4S. The van der Waals surface area contributed by atoms with Gasteiger partial charge in [-0.15, -0.1) is 0 Å². The summed E-state index contributed by atoms with van der Waals surface area (Å²) in [7, 11) is -3.69. The van der Waals surface area contributed by atoms with E-state index in [1.165, 1.54) is 59.8 Å². The number of halogens is 1. The zero-order chi connectivity index (χ0) is 20.3. The Bertz CT molecular complexity index is 967. The van der Waals surface area contributed by atoms with Crippen LogP contribution < -0.4 is 5.32 Å². The van der Waals surface area contributed by atoms with E-state index >= 15 is 0 Å². The van der Waals surface area contributed by atoms with Crippen molar-refractivity contribution in [2.45, 2.75) is 11.8 Å². The fourth-order valence-electron chi connectivity index (χ4n) is 2.97. The Kier molecular flexibility index (Phi) is 5.76. The number of piperazine rings is 1. The van der Waals surface area contributed by atoms with Crippen LogP contribution in [0.1, 0.15) is 17.3 Å². The molecule has 1 aliphatic rings. The van der Waals surface area contributed by atoms with Gasteiger partial charge in [-0.1, -0.05) is 0 Å². The Hall–Kier alpha value is -2.78. The first-order valence-electron chi connectivity index (χ1n) is 8.70. The van der Waals surface area contributed by atoms with Gasteiger partial charge in [0, 0.05) is 44.4 Å². The number of sulfonamides is 1. The zero-order valence-corrected chi connectivity index (χ0v) is 16.1. The molecule has 1 heterocycles. The SMILES string of the molecule is CC(=O)Nc1ccc(S(=O)(=O)N2CCN(C(=O)c3ccc(F)cc3)CC2)cc1. The van der Waals surface area contributed by atoms with Crippen molar-refractivity contribution < 1.29 is 22.4 Å². The molecule has 0 bridgehead atoms. The first-order valence-corrected chi connectivity index (χ1v) is 10.1. The molecule has 2 aromatic rings. The lowest BCUT2D eigenvalue weighted by molar-refractivity contribution is -0.114. The minimum atomic E-state index is -3.69. The quantitative estimate of drug-likeness (QED) is 0.842. The topological polar surface area (TPSA) is 86.8 Å². The van der Waals surface area contributed by atoms with E-state index in [0.717, 1.165) is 0 Å². The largest absolute Gasteiger partial charge is 0.336 e. The zero-order valence-electron chi connectivity index (χ0n) is 15.3. The number of nitrogens with zero attached hydrogens (tertiary/aromatic N) is 2. The second-order valence-electron chi connectivity index (χ2n) is 6.41. The average molecular weight is 405 g/mol. The van der Waals surface area contributed by atoms with Gasteiger partial charge in [0.15, 0.2) is 0 Å². The molecule has 0 atom stereocenters. The lowest BCUT2D eigenvalue weighted by Gasteiger charge is -2.34. The molecule has 2 aromatic carbocycles. The summed E-state index contributed by atoms with van der Waals surface area (Å²) in [6.07, 6.45) is 0. The summed E-state index contributed by atoms with van der Waals surface area (Å²) in [5, 5.41) is 2.59. The third kappa shape index (κ3) is 4.37. The number of nitrogens with one attached hydrogen (secondary N) is 1. The Labute approximate surface area is 162 Å². The highest BCUT2D eigenvalue weighted by molar-refractivity contribution is 7.89. The van der Waals surface area contributed by atoms with Crippen LogP contribution in [0, 0.1) is 5.82 Å². The van der Waals surface area contributed by atoms with E-state index in [0.29, 0.717) is 11.3 Å². The van der Waals surface area contributed by atoms with Crippen molar-refractivity contribution in [2.75, 3.05) is 31.5 Å². The van der Waals surface area contributed by atoms with Crippen molar-refractivity contribution in [1.82, 2.24) is 9.21 Å². The maximum atomic E-state index is 13.0. The van der Waals surface area contributed by atoms with Crippen LogP contribution in [0.3, 0.4) is 0 Å². The van der Waals surface area contributed by atoms with Gasteiger partial charge in [0.1, 0.15) is 5.82 Å². The van der Waals surface area contributed by atoms with Crippen LogP contribution in [0.4, 0.5) is 10.1 Å². The molecule has 1 fully saturated rings. The number of hydrogen-bond acceptors (Lipinski definition) is 4. The third-order valence-electron chi connectivity index (χ3n) is 4.43. The predicted molar refractivity (Wildman–Crippen MR) is 102 cm³/mol.